The third-order valence-electron chi connectivity index (χ3n) is 2.78. The van der Waals surface area contributed by atoms with E-state index in [1.165, 1.54) is 0 Å². The van der Waals surface area contributed by atoms with Crippen LogP contribution in [0.4, 0.5) is 5.69 Å². The number of benzene rings is 1. The Hall–Kier alpha value is -1.55. The molecule has 0 aromatic heterocycles. The minimum atomic E-state index is -0.787. The van der Waals surface area contributed by atoms with Gasteiger partial charge >= 0.3 is 5.97 Å². The molecule has 0 fully saturated rings. The molecule has 100 valence electrons. The van der Waals surface area contributed by atoms with Gasteiger partial charge in [-0.3, -0.25) is 4.79 Å². The Balaban J connectivity index is 2.49. The van der Waals surface area contributed by atoms with E-state index >= 15 is 0 Å². The lowest BCUT2D eigenvalue weighted by atomic mass is 10.1. The average Bonchev–Trinajstić information content (AvgIpc) is 2.34. The zero-order chi connectivity index (χ0) is 13.5. The van der Waals surface area contributed by atoms with Crippen LogP contribution in [0.5, 0.6) is 0 Å². The number of carboxylic acids is 1. The van der Waals surface area contributed by atoms with Gasteiger partial charge in [0.2, 0.25) is 0 Å². The molecule has 0 spiro atoms. The monoisotopic (exact) mass is 250 g/mol. The molecule has 4 heteroatoms. The Morgan fingerprint density at radius 3 is 2.44 bits per heavy atom. The number of aliphatic carboxylic acids is 1. The van der Waals surface area contributed by atoms with Crippen LogP contribution in [0.15, 0.2) is 30.3 Å². The average molecular weight is 250 g/mol. The van der Waals surface area contributed by atoms with Crippen molar-refractivity contribution >= 4 is 11.7 Å². The van der Waals surface area contributed by atoms with E-state index in [2.05, 4.69) is 10.2 Å². The van der Waals surface area contributed by atoms with Crippen LogP contribution in [-0.4, -0.2) is 36.8 Å². The summed E-state index contributed by atoms with van der Waals surface area (Å²) in [7, 11) is 1.98. The Bertz CT molecular complexity index is 365. The molecule has 18 heavy (non-hydrogen) atoms. The van der Waals surface area contributed by atoms with Crippen LogP contribution >= 0.6 is 0 Å². The predicted molar refractivity (Wildman–Crippen MR) is 74.0 cm³/mol. The maximum absolute atomic E-state index is 11.1. The van der Waals surface area contributed by atoms with Crippen molar-refractivity contribution in [1.29, 1.82) is 0 Å². The Morgan fingerprint density at radius 1 is 1.33 bits per heavy atom. The van der Waals surface area contributed by atoms with E-state index in [0.29, 0.717) is 13.0 Å². The van der Waals surface area contributed by atoms with Crippen molar-refractivity contribution in [3.8, 4) is 0 Å². The molecule has 4 nitrogen and oxygen atoms in total. The van der Waals surface area contributed by atoms with Crippen LogP contribution in [0.25, 0.3) is 0 Å². The van der Waals surface area contributed by atoms with Crippen molar-refractivity contribution in [2.75, 3.05) is 18.5 Å². The number of nitrogens with zero attached hydrogens (tertiary/aromatic N) is 1. The van der Waals surface area contributed by atoms with E-state index in [4.69, 9.17) is 5.11 Å². The fourth-order valence-electron chi connectivity index (χ4n) is 1.81. The topological polar surface area (TPSA) is 52.6 Å². The smallest absolute Gasteiger partial charge is 0.320 e. The highest BCUT2D eigenvalue weighted by atomic mass is 16.4. The first-order valence-electron chi connectivity index (χ1n) is 6.25. The van der Waals surface area contributed by atoms with Gasteiger partial charge in [-0.1, -0.05) is 32.0 Å². The van der Waals surface area contributed by atoms with Crippen LogP contribution in [0.1, 0.15) is 20.3 Å². The van der Waals surface area contributed by atoms with Gasteiger partial charge in [-0.25, -0.2) is 0 Å². The summed E-state index contributed by atoms with van der Waals surface area (Å²) < 4.78 is 0. The van der Waals surface area contributed by atoms with Crippen LogP contribution in [0.3, 0.4) is 0 Å². The van der Waals surface area contributed by atoms with E-state index in [1.54, 1.807) is 0 Å². The van der Waals surface area contributed by atoms with Crippen molar-refractivity contribution in [3.05, 3.63) is 30.3 Å². The largest absolute Gasteiger partial charge is 0.480 e. The van der Waals surface area contributed by atoms with Gasteiger partial charge in [0.05, 0.1) is 0 Å². The highest BCUT2D eigenvalue weighted by molar-refractivity contribution is 5.73. The second-order valence-corrected chi connectivity index (χ2v) is 4.76. The molecule has 0 aliphatic heterocycles. The maximum atomic E-state index is 11.1. The predicted octanol–water partition coefficient (Wildman–Crippen LogP) is 1.96. The highest BCUT2D eigenvalue weighted by Crippen LogP contribution is 2.11. The van der Waals surface area contributed by atoms with Crippen LogP contribution in [-0.2, 0) is 4.79 Å². The molecule has 0 radical (unpaired) electrons. The SMILES string of the molecule is CC(C)NC(CCN(C)c1ccccc1)C(=O)O. The number of nitrogens with one attached hydrogen (secondary N) is 1. The van der Waals surface area contributed by atoms with Gasteiger partial charge in [-0.15, -0.1) is 0 Å². The Kier molecular flexibility index (Phi) is 5.65. The van der Waals surface area contributed by atoms with Gasteiger partial charge in [0, 0.05) is 25.3 Å². The third kappa shape index (κ3) is 4.75. The minimum absolute atomic E-state index is 0.174. The summed E-state index contributed by atoms with van der Waals surface area (Å²) in [5, 5.41) is 12.2. The van der Waals surface area contributed by atoms with Crippen LogP contribution in [0.2, 0.25) is 0 Å². The molecule has 1 aromatic carbocycles. The van der Waals surface area contributed by atoms with Crippen molar-refractivity contribution in [2.24, 2.45) is 0 Å². The molecule has 1 aromatic rings. The number of anilines is 1. The molecule has 0 bridgehead atoms. The van der Waals surface area contributed by atoms with Crippen molar-refractivity contribution in [2.45, 2.75) is 32.4 Å². The molecule has 1 unspecified atom stereocenters. The zero-order valence-corrected chi connectivity index (χ0v) is 11.3. The number of hydrogen-bond acceptors (Lipinski definition) is 3. The molecule has 2 N–H and O–H groups in total. The normalized spacial score (nSPS) is 12.4. The van der Waals surface area contributed by atoms with E-state index in [1.807, 2.05) is 51.2 Å². The summed E-state index contributed by atoms with van der Waals surface area (Å²) in [5.74, 6) is -0.787. The number of rotatable bonds is 7. The number of carbonyl (C=O) groups is 1. The Morgan fingerprint density at radius 2 is 1.94 bits per heavy atom. The second kappa shape index (κ2) is 7.01. The molecule has 0 heterocycles. The summed E-state index contributed by atoms with van der Waals surface area (Å²) in [6, 6.07) is 9.65. The lowest BCUT2D eigenvalue weighted by Gasteiger charge is -2.23. The first-order chi connectivity index (χ1) is 8.50. The van der Waals surface area contributed by atoms with Crippen molar-refractivity contribution in [1.82, 2.24) is 5.32 Å². The summed E-state index contributed by atoms with van der Waals surface area (Å²) in [6.07, 6.45) is 0.582. The Labute approximate surface area is 109 Å². The number of para-hydroxylation sites is 1. The molecular weight excluding hydrogens is 228 g/mol. The third-order valence-corrected chi connectivity index (χ3v) is 2.78. The van der Waals surface area contributed by atoms with Gasteiger partial charge in [-0.05, 0) is 18.6 Å². The van der Waals surface area contributed by atoms with Crippen LogP contribution < -0.4 is 10.2 Å². The molecule has 0 aliphatic rings. The maximum Gasteiger partial charge on any atom is 0.320 e. The minimum Gasteiger partial charge on any atom is -0.480 e. The first-order valence-corrected chi connectivity index (χ1v) is 6.25. The molecular formula is C14H22N2O2. The lowest BCUT2D eigenvalue weighted by molar-refractivity contribution is -0.139. The standard InChI is InChI=1S/C14H22N2O2/c1-11(2)15-13(14(17)18)9-10-16(3)12-7-5-4-6-8-12/h4-8,11,13,15H,9-10H2,1-3H3,(H,17,18). The number of hydrogen-bond donors (Lipinski definition) is 2. The molecule has 1 rings (SSSR count). The molecule has 0 aliphatic carbocycles. The second-order valence-electron chi connectivity index (χ2n) is 4.76. The van der Waals surface area contributed by atoms with Crippen molar-refractivity contribution in [3.63, 3.8) is 0 Å². The highest BCUT2D eigenvalue weighted by Gasteiger charge is 2.18. The van der Waals surface area contributed by atoms with E-state index in [9.17, 15) is 4.79 Å². The lowest BCUT2D eigenvalue weighted by Crippen LogP contribution is -2.42. The van der Waals surface area contributed by atoms with Gasteiger partial charge in [-0.2, -0.15) is 0 Å². The van der Waals surface area contributed by atoms with Gasteiger partial charge in [0.15, 0.2) is 0 Å². The van der Waals surface area contributed by atoms with Gasteiger partial charge < -0.3 is 15.3 Å². The van der Waals surface area contributed by atoms with E-state index < -0.39 is 12.0 Å². The van der Waals surface area contributed by atoms with Crippen molar-refractivity contribution < 1.29 is 9.90 Å². The van der Waals surface area contributed by atoms with Gasteiger partial charge in [0.1, 0.15) is 6.04 Å². The first kappa shape index (κ1) is 14.5. The van der Waals surface area contributed by atoms with E-state index in [-0.39, 0.29) is 6.04 Å². The molecule has 1 atom stereocenters. The van der Waals surface area contributed by atoms with Gasteiger partial charge in [0.25, 0.3) is 0 Å². The molecule has 0 saturated heterocycles. The summed E-state index contributed by atoms with van der Waals surface area (Å²) in [5.41, 5.74) is 1.10. The fourth-order valence-corrected chi connectivity index (χ4v) is 1.81. The van der Waals surface area contributed by atoms with E-state index in [0.717, 1.165) is 5.69 Å². The summed E-state index contributed by atoms with van der Waals surface area (Å²) >= 11 is 0. The van der Waals surface area contributed by atoms with Crippen LogP contribution in [0, 0.1) is 0 Å². The summed E-state index contributed by atoms with van der Waals surface area (Å²) in [4.78, 5) is 13.2. The fraction of sp³-hybridized carbons (Fsp3) is 0.500. The molecule has 0 amide bonds. The zero-order valence-electron chi connectivity index (χ0n) is 11.3. The molecule has 0 saturated carbocycles. The summed E-state index contributed by atoms with van der Waals surface area (Å²) in [6.45, 7) is 4.62. The quantitative estimate of drug-likeness (QED) is 0.777. The number of carboxylic acid groups (broad SMARTS) is 1.